The van der Waals surface area contributed by atoms with Crippen LogP contribution in [0.1, 0.15) is 17.7 Å². The fourth-order valence-corrected chi connectivity index (χ4v) is 2.42. The van der Waals surface area contributed by atoms with Gasteiger partial charge in [-0.2, -0.15) is 10.2 Å². The number of aromatic amines is 2. The lowest BCUT2D eigenvalue weighted by Gasteiger charge is -2.04. The van der Waals surface area contributed by atoms with Crippen molar-refractivity contribution in [2.45, 2.75) is 12.8 Å². The first-order chi connectivity index (χ1) is 12.5. The molecule has 1 amide bonds. The Hall–Kier alpha value is -3.75. The smallest absolute Gasteiger partial charge is 0.342 e. The summed E-state index contributed by atoms with van der Waals surface area (Å²) in [4.78, 5) is 36.2. The summed E-state index contributed by atoms with van der Waals surface area (Å²) in [6.45, 7) is 0. The molecular formula is C17H15N5O4. The Morgan fingerprint density at radius 1 is 1.23 bits per heavy atom. The molecule has 0 aliphatic carbocycles. The van der Waals surface area contributed by atoms with E-state index in [2.05, 4.69) is 20.7 Å². The van der Waals surface area contributed by atoms with Crippen LogP contribution in [-0.4, -0.2) is 32.4 Å². The number of aromatic nitrogens is 3. The second-order valence-corrected chi connectivity index (χ2v) is 5.47. The van der Waals surface area contributed by atoms with Crippen LogP contribution >= 0.6 is 0 Å². The van der Waals surface area contributed by atoms with E-state index in [0.717, 1.165) is 10.8 Å². The highest BCUT2D eigenvalue weighted by Gasteiger charge is 2.07. The average molecular weight is 353 g/mol. The second-order valence-electron chi connectivity index (χ2n) is 5.47. The number of fused-ring (bicyclic) bond motifs is 1. The highest BCUT2D eigenvalue weighted by Crippen LogP contribution is 2.25. The molecule has 0 fully saturated rings. The van der Waals surface area contributed by atoms with Gasteiger partial charge in [0.25, 0.3) is 5.56 Å². The average Bonchev–Trinajstić information content (AvgIpc) is 2.63. The molecule has 0 spiro atoms. The molecule has 0 aliphatic rings. The Balaban J connectivity index is 1.65. The number of carbonyl (C=O) groups excluding carboxylic acids is 1. The molecule has 132 valence electrons. The van der Waals surface area contributed by atoms with Gasteiger partial charge in [0.05, 0.1) is 6.21 Å². The van der Waals surface area contributed by atoms with Crippen LogP contribution in [0.15, 0.2) is 51.1 Å². The normalized spacial score (nSPS) is 11.1. The maximum Gasteiger partial charge on any atom is 0.342 e. The highest BCUT2D eigenvalue weighted by atomic mass is 16.3. The number of amides is 1. The van der Waals surface area contributed by atoms with E-state index in [-0.39, 0.29) is 24.3 Å². The van der Waals surface area contributed by atoms with Crippen LogP contribution in [0.5, 0.6) is 5.75 Å². The minimum atomic E-state index is -0.706. The van der Waals surface area contributed by atoms with Crippen LogP contribution in [0.2, 0.25) is 0 Å². The summed E-state index contributed by atoms with van der Waals surface area (Å²) in [6.07, 6.45) is 1.37. The third-order valence-corrected chi connectivity index (χ3v) is 3.70. The van der Waals surface area contributed by atoms with Crippen molar-refractivity contribution in [3.8, 4) is 5.75 Å². The number of phenolic OH excluding ortho intramolecular Hbond substituents is 1. The van der Waals surface area contributed by atoms with Gasteiger partial charge in [-0.15, -0.1) is 0 Å². The third-order valence-electron chi connectivity index (χ3n) is 3.70. The van der Waals surface area contributed by atoms with E-state index in [1.807, 2.05) is 29.2 Å². The molecule has 0 atom stereocenters. The third kappa shape index (κ3) is 3.83. The number of aromatic hydroxyl groups is 1. The van der Waals surface area contributed by atoms with Crippen molar-refractivity contribution >= 4 is 22.9 Å². The fraction of sp³-hybridized carbons (Fsp3) is 0.118. The minimum absolute atomic E-state index is 0.0407. The van der Waals surface area contributed by atoms with Gasteiger partial charge in [0, 0.05) is 18.4 Å². The van der Waals surface area contributed by atoms with Gasteiger partial charge in [0.1, 0.15) is 11.4 Å². The molecule has 0 bridgehead atoms. The summed E-state index contributed by atoms with van der Waals surface area (Å²) in [5, 5.41) is 21.3. The zero-order valence-corrected chi connectivity index (χ0v) is 13.5. The van der Waals surface area contributed by atoms with Crippen molar-refractivity contribution in [3.63, 3.8) is 0 Å². The van der Waals surface area contributed by atoms with Gasteiger partial charge in [-0.1, -0.05) is 30.3 Å². The van der Waals surface area contributed by atoms with Crippen molar-refractivity contribution in [2.75, 3.05) is 0 Å². The first-order valence-corrected chi connectivity index (χ1v) is 7.75. The van der Waals surface area contributed by atoms with E-state index in [1.165, 1.54) is 6.21 Å². The summed E-state index contributed by atoms with van der Waals surface area (Å²) >= 11 is 0. The molecule has 3 aromatic rings. The lowest BCUT2D eigenvalue weighted by Crippen LogP contribution is -2.28. The number of phenols is 1. The van der Waals surface area contributed by atoms with E-state index >= 15 is 0 Å². The first kappa shape index (κ1) is 17.1. The van der Waals surface area contributed by atoms with Gasteiger partial charge in [-0.05, 0) is 16.8 Å². The zero-order chi connectivity index (χ0) is 18.5. The van der Waals surface area contributed by atoms with Crippen molar-refractivity contribution < 1.29 is 9.90 Å². The number of nitrogens with one attached hydrogen (secondary N) is 3. The largest absolute Gasteiger partial charge is 0.507 e. The van der Waals surface area contributed by atoms with Crippen molar-refractivity contribution in [1.82, 2.24) is 20.6 Å². The topological polar surface area (TPSA) is 140 Å². The molecule has 3 rings (SSSR count). The number of nitrogens with zero attached hydrogens (tertiary/aromatic N) is 2. The summed E-state index contributed by atoms with van der Waals surface area (Å²) in [5.41, 5.74) is 1.53. The number of aryl methyl sites for hydroxylation is 1. The number of H-pyrrole nitrogens is 2. The van der Waals surface area contributed by atoms with E-state index in [0.29, 0.717) is 5.56 Å². The Kier molecular flexibility index (Phi) is 4.88. The van der Waals surface area contributed by atoms with Crippen LogP contribution in [-0.2, 0) is 11.2 Å². The van der Waals surface area contributed by atoms with E-state index in [9.17, 15) is 19.5 Å². The molecule has 0 saturated carbocycles. The molecule has 0 saturated heterocycles. The second kappa shape index (κ2) is 7.43. The Bertz CT molecular complexity index is 1100. The molecule has 2 aromatic carbocycles. The van der Waals surface area contributed by atoms with E-state index in [4.69, 9.17) is 0 Å². The number of hydrogen-bond donors (Lipinski definition) is 4. The minimum Gasteiger partial charge on any atom is -0.507 e. The molecule has 0 unspecified atom stereocenters. The van der Waals surface area contributed by atoms with Crippen LogP contribution in [0.25, 0.3) is 10.8 Å². The van der Waals surface area contributed by atoms with Crippen LogP contribution in [0, 0.1) is 0 Å². The van der Waals surface area contributed by atoms with Crippen molar-refractivity contribution in [1.29, 1.82) is 0 Å². The predicted octanol–water partition coefficient (Wildman–Crippen LogP) is 0.400. The molecule has 1 aromatic heterocycles. The maximum atomic E-state index is 11.8. The van der Waals surface area contributed by atoms with Gasteiger partial charge in [0.2, 0.25) is 5.91 Å². The van der Waals surface area contributed by atoms with E-state index in [1.54, 1.807) is 12.1 Å². The number of hydrazone groups is 1. The standard InChI is InChI=1S/C17H15N5O4/c23-14-7-5-10-3-1-2-4-11(10)12(14)9-18-21-15(24)8-6-13-16(25)19-17(26)22-20-13/h1-5,7,9,23H,6,8H2,(H,21,24)(H2,19,22,25,26). The van der Waals surface area contributed by atoms with Crippen LogP contribution < -0.4 is 16.7 Å². The molecule has 4 N–H and O–H groups in total. The van der Waals surface area contributed by atoms with Crippen molar-refractivity contribution in [2.24, 2.45) is 5.10 Å². The summed E-state index contributed by atoms with van der Waals surface area (Å²) in [6, 6.07) is 10.8. The SMILES string of the molecule is O=C(CCc1n[nH]c(=O)[nH]c1=O)NN=Cc1c(O)ccc2ccccc12. The molecule has 0 aliphatic heterocycles. The lowest BCUT2D eigenvalue weighted by atomic mass is 10.0. The summed E-state index contributed by atoms with van der Waals surface area (Å²) in [5.74, 6) is -0.390. The molecular weight excluding hydrogens is 338 g/mol. The quantitative estimate of drug-likeness (QED) is 0.388. The van der Waals surface area contributed by atoms with Gasteiger partial charge in [0.15, 0.2) is 0 Å². The number of rotatable bonds is 5. The molecule has 9 nitrogen and oxygen atoms in total. The van der Waals surface area contributed by atoms with Crippen molar-refractivity contribution in [3.05, 3.63) is 68.5 Å². The number of carbonyl (C=O) groups is 1. The Morgan fingerprint density at radius 3 is 2.85 bits per heavy atom. The first-order valence-electron chi connectivity index (χ1n) is 7.75. The monoisotopic (exact) mass is 353 g/mol. The van der Waals surface area contributed by atoms with Gasteiger partial charge < -0.3 is 5.11 Å². The van der Waals surface area contributed by atoms with Gasteiger partial charge in [-0.3, -0.25) is 14.6 Å². The Labute approximate surface area is 146 Å². The molecule has 9 heteroatoms. The maximum absolute atomic E-state index is 11.8. The summed E-state index contributed by atoms with van der Waals surface area (Å²) in [7, 11) is 0. The van der Waals surface area contributed by atoms with Crippen LogP contribution in [0.3, 0.4) is 0 Å². The highest BCUT2D eigenvalue weighted by molar-refractivity contribution is 6.02. The van der Waals surface area contributed by atoms with Gasteiger partial charge in [-0.25, -0.2) is 15.3 Å². The van der Waals surface area contributed by atoms with E-state index < -0.39 is 17.2 Å². The summed E-state index contributed by atoms with van der Waals surface area (Å²) < 4.78 is 0. The number of hydrogen-bond acceptors (Lipinski definition) is 6. The number of benzene rings is 2. The predicted molar refractivity (Wildman–Crippen MR) is 95.1 cm³/mol. The Morgan fingerprint density at radius 2 is 2.04 bits per heavy atom. The van der Waals surface area contributed by atoms with Gasteiger partial charge >= 0.3 is 5.69 Å². The zero-order valence-electron chi connectivity index (χ0n) is 13.5. The molecule has 0 radical (unpaired) electrons. The molecule has 1 heterocycles. The lowest BCUT2D eigenvalue weighted by molar-refractivity contribution is -0.121. The molecule has 26 heavy (non-hydrogen) atoms. The van der Waals surface area contributed by atoms with Crippen LogP contribution in [0.4, 0.5) is 0 Å². The fourth-order valence-electron chi connectivity index (χ4n) is 2.42.